The molecule has 0 unspecified atom stereocenters. The smallest absolute Gasteiger partial charge is 0.135 e. The molecule has 3 aromatic heterocycles. The van der Waals surface area contributed by atoms with E-state index in [1.54, 1.807) is 0 Å². The van der Waals surface area contributed by atoms with Crippen molar-refractivity contribution in [3.63, 3.8) is 0 Å². The van der Waals surface area contributed by atoms with E-state index in [2.05, 4.69) is 393 Å². The third-order valence-corrected chi connectivity index (χ3v) is 26.5. The van der Waals surface area contributed by atoms with Crippen LogP contribution in [0, 0.1) is 20.8 Å². The Balaban J connectivity index is 0.000000104. The first-order chi connectivity index (χ1) is 60.5. The molecule has 123 heavy (non-hydrogen) atoms. The van der Waals surface area contributed by atoms with Gasteiger partial charge in [-0.2, -0.15) is 0 Å². The lowest BCUT2D eigenvalue weighted by atomic mass is 9.80. The van der Waals surface area contributed by atoms with Gasteiger partial charge in [0.2, 0.25) is 0 Å². The van der Waals surface area contributed by atoms with Crippen LogP contribution in [0.2, 0.25) is 0 Å². The SMILES string of the molecule is Cc1ccc2c(-c3cc4ccccc4c4ccccc34)c3ccccc3c(-c3ccc4oc5ccccc5c4c3)c2c1.Cc1ccc2c(-c3ccc4c(c3)C(C)(C)c3ccccc3-4)c3ccccc3c(-c3ccc4oc5ccccc5c4c3)c2c1.Cc1ccc2c(-c3cccc4ccccc34)c3ccccc3c(-c3ccc4oc5ccccc5c4c3)c2c1. The van der Waals surface area contributed by atoms with E-state index in [1.165, 1.54) is 203 Å². The summed E-state index contributed by atoms with van der Waals surface area (Å²) in [6, 6.07) is 144. The monoisotopic (exact) mass is 1570 g/mol. The second kappa shape index (κ2) is 28.1. The fraction of sp³-hybridized carbons (Fsp3) is 0.0500. The molecule has 3 heterocycles. The van der Waals surface area contributed by atoms with Gasteiger partial charge < -0.3 is 13.3 Å². The van der Waals surface area contributed by atoms with Crippen LogP contribution in [0.1, 0.15) is 41.7 Å². The molecule has 26 rings (SSSR count). The van der Waals surface area contributed by atoms with Crippen molar-refractivity contribution in [1.82, 2.24) is 0 Å². The molecule has 0 fully saturated rings. The molecule has 578 valence electrons. The molecule has 0 aliphatic heterocycles. The highest BCUT2D eigenvalue weighted by atomic mass is 16.3. The Morgan fingerprint density at radius 1 is 0.163 bits per heavy atom. The minimum atomic E-state index is -0.0488. The number of fused-ring (bicyclic) bond motifs is 22. The molecule has 3 heteroatoms. The minimum Gasteiger partial charge on any atom is -0.456 e. The van der Waals surface area contributed by atoms with E-state index in [0.717, 1.165) is 65.8 Å². The van der Waals surface area contributed by atoms with Crippen LogP contribution in [0.5, 0.6) is 0 Å². The van der Waals surface area contributed by atoms with E-state index in [4.69, 9.17) is 13.3 Å². The molecule has 22 aromatic carbocycles. The average molecular weight is 1570 g/mol. The maximum absolute atomic E-state index is 6.19. The summed E-state index contributed by atoms with van der Waals surface area (Å²) in [7, 11) is 0. The summed E-state index contributed by atoms with van der Waals surface area (Å²) in [4.78, 5) is 0. The van der Waals surface area contributed by atoms with E-state index in [9.17, 15) is 0 Å². The van der Waals surface area contributed by atoms with Gasteiger partial charge in [-0.1, -0.05) is 358 Å². The zero-order chi connectivity index (χ0) is 81.9. The van der Waals surface area contributed by atoms with E-state index >= 15 is 0 Å². The molecular formula is C120H80O3. The van der Waals surface area contributed by atoms with Gasteiger partial charge in [0.1, 0.15) is 33.5 Å². The van der Waals surface area contributed by atoms with Crippen LogP contribution in [0.25, 0.3) is 241 Å². The number of para-hydroxylation sites is 3. The van der Waals surface area contributed by atoms with Crippen LogP contribution in [0.15, 0.2) is 408 Å². The van der Waals surface area contributed by atoms with Gasteiger partial charge in [0.25, 0.3) is 0 Å². The zero-order valence-corrected chi connectivity index (χ0v) is 68.8. The number of furan rings is 3. The first-order valence-corrected chi connectivity index (χ1v) is 42.7. The van der Waals surface area contributed by atoms with Crippen LogP contribution >= 0.6 is 0 Å². The summed E-state index contributed by atoms with van der Waals surface area (Å²) in [6.45, 7) is 11.3. The Kier molecular flexibility index (Phi) is 16.4. The molecule has 0 atom stereocenters. The summed E-state index contributed by atoms with van der Waals surface area (Å²) in [5, 5.41) is 29.8. The summed E-state index contributed by atoms with van der Waals surface area (Å²) in [6.07, 6.45) is 0. The lowest BCUT2D eigenvalue weighted by Gasteiger charge is -2.23. The molecule has 0 radical (unpaired) electrons. The Hall–Kier alpha value is -15.4. The van der Waals surface area contributed by atoms with Crippen LogP contribution < -0.4 is 0 Å². The Morgan fingerprint density at radius 3 is 0.951 bits per heavy atom. The molecule has 0 saturated heterocycles. The van der Waals surface area contributed by atoms with Crippen LogP contribution in [0.4, 0.5) is 0 Å². The normalized spacial score (nSPS) is 12.5. The van der Waals surface area contributed by atoms with Crippen molar-refractivity contribution in [3.05, 3.63) is 422 Å². The summed E-state index contributed by atoms with van der Waals surface area (Å²) in [5.41, 5.74) is 29.9. The predicted molar refractivity (Wildman–Crippen MR) is 523 cm³/mol. The summed E-state index contributed by atoms with van der Waals surface area (Å²) < 4.78 is 18.5. The topological polar surface area (TPSA) is 39.4 Å². The van der Waals surface area contributed by atoms with Crippen LogP contribution in [-0.2, 0) is 5.41 Å². The number of rotatable bonds is 6. The Labute approximate surface area is 711 Å². The molecular weight excluding hydrogens is 1490 g/mol. The van der Waals surface area contributed by atoms with E-state index < -0.39 is 0 Å². The second-order valence-electron chi connectivity index (χ2n) is 34.1. The van der Waals surface area contributed by atoms with Gasteiger partial charge in [0, 0.05) is 37.7 Å². The standard InChI is InChI=1S/C42H30O.C41H26O.C37H24O/c1-25-16-19-33-35(22-25)41(26-18-21-39-34(23-26)30-11-7-9-15-38(30)43-39)32-13-5-4-12-31(32)40(33)27-17-20-29-28-10-6-8-14-36(28)42(2,3)37(29)24-27;1-25-18-20-34-36(22-25)40(27-19-21-39-35(24-27)31-14-8-9-17-38(31)42-39)32-15-6-7-16-33(32)41(34)37-23-26-10-2-3-11-28(26)29-12-4-5-13-30(29)37;1-23-17-19-31-33(21-23)36(25-18-20-35-32(22-25)27-12-6-7-16-34(27)38-35)29-13-4-5-14-30(29)37(31)28-15-8-10-24-9-2-3-11-26(24)28/h4-24H,1-3H3;2-24H,1H3;2-22H,1H3. The molecule has 0 saturated carbocycles. The largest absolute Gasteiger partial charge is 0.456 e. The van der Waals surface area contributed by atoms with Crippen molar-refractivity contribution in [3.8, 4) is 77.9 Å². The number of aryl methyl sites for hydroxylation is 3. The van der Waals surface area contributed by atoms with Gasteiger partial charge >= 0.3 is 0 Å². The molecule has 1 aliphatic rings. The third-order valence-electron chi connectivity index (χ3n) is 26.5. The third kappa shape index (κ3) is 11.4. The highest BCUT2D eigenvalue weighted by Gasteiger charge is 2.36. The lowest BCUT2D eigenvalue weighted by molar-refractivity contribution is 0.660. The van der Waals surface area contributed by atoms with Gasteiger partial charge in [-0.3, -0.25) is 0 Å². The first kappa shape index (κ1) is 71.7. The fourth-order valence-electron chi connectivity index (χ4n) is 20.9. The molecule has 0 amide bonds. The summed E-state index contributed by atoms with van der Waals surface area (Å²) in [5.74, 6) is 0. The first-order valence-electron chi connectivity index (χ1n) is 42.7. The summed E-state index contributed by atoms with van der Waals surface area (Å²) >= 11 is 0. The Bertz CT molecular complexity index is 8770. The van der Waals surface area contributed by atoms with Crippen molar-refractivity contribution in [2.24, 2.45) is 0 Å². The average Bonchev–Trinajstić information content (AvgIpc) is 1.69. The quantitative estimate of drug-likeness (QED) is 0.123. The molecule has 3 nitrogen and oxygen atoms in total. The van der Waals surface area contributed by atoms with E-state index in [-0.39, 0.29) is 5.41 Å². The van der Waals surface area contributed by atoms with Crippen LogP contribution in [-0.4, -0.2) is 0 Å². The molecule has 1 aliphatic carbocycles. The van der Waals surface area contributed by atoms with Gasteiger partial charge in [0.15, 0.2) is 0 Å². The van der Waals surface area contributed by atoms with Gasteiger partial charge in [0.05, 0.1) is 0 Å². The van der Waals surface area contributed by atoms with Crippen molar-refractivity contribution in [2.45, 2.75) is 40.0 Å². The maximum Gasteiger partial charge on any atom is 0.135 e. The minimum absolute atomic E-state index is 0.0488. The highest BCUT2D eigenvalue weighted by Crippen LogP contribution is 2.54. The Morgan fingerprint density at radius 2 is 0.472 bits per heavy atom. The maximum atomic E-state index is 6.19. The highest BCUT2D eigenvalue weighted by molar-refractivity contribution is 6.29. The molecule has 25 aromatic rings. The second-order valence-corrected chi connectivity index (χ2v) is 34.1. The van der Waals surface area contributed by atoms with Gasteiger partial charge in [-0.05, 0) is 273 Å². The zero-order valence-electron chi connectivity index (χ0n) is 68.8. The van der Waals surface area contributed by atoms with Gasteiger partial charge in [-0.15, -0.1) is 0 Å². The number of hydrogen-bond acceptors (Lipinski definition) is 3. The van der Waals surface area contributed by atoms with Crippen LogP contribution in [0.3, 0.4) is 0 Å². The lowest BCUT2D eigenvalue weighted by Crippen LogP contribution is -2.14. The van der Waals surface area contributed by atoms with Crippen molar-refractivity contribution in [2.75, 3.05) is 0 Å². The fourth-order valence-corrected chi connectivity index (χ4v) is 20.9. The van der Waals surface area contributed by atoms with E-state index in [1.807, 2.05) is 36.4 Å². The molecule has 0 spiro atoms. The molecule has 0 N–H and O–H groups in total. The van der Waals surface area contributed by atoms with Crippen molar-refractivity contribution < 1.29 is 13.3 Å². The van der Waals surface area contributed by atoms with Crippen molar-refractivity contribution in [1.29, 1.82) is 0 Å². The number of hydrogen-bond donors (Lipinski definition) is 0. The van der Waals surface area contributed by atoms with Crippen molar-refractivity contribution >= 4 is 163 Å². The number of benzene rings is 22. The molecule has 0 bridgehead atoms. The predicted octanol–water partition coefficient (Wildman–Crippen LogP) is 34.4. The van der Waals surface area contributed by atoms with Gasteiger partial charge in [-0.25, -0.2) is 0 Å². The van der Waals surface area contributed by atoms with E-state index in [0.29, 0.717) is 0 Å².